The second-order valence-corrected chi connectivity index (χ2v) is 5.22. The molecular formula is C13H23NO2. The topological polar surface area (TPSA) is 45.4 Å². The van der Waals surface area contributed by atoms with Crippen molar-refractivity contribution in [2.24, 2.45) is 5.41 Å². The molecule has 0 saturated heterocycles. The fraction of sp³-hybridized carbons (Fsp3) is 0.692. The van der Waals surface area contributed by atoms with Gasteiger partial charge in [0.05, 0.1) is 6.26 Å². The molecule has 1 unspecified atom stereocenters. The van der Waals surface area contributed by atoms with Crippen molar-refractivity contribution in [1.82, 2.24) is 5.32 Å². The second kappa shape index (κ2) is 6.06. The van der Waals surface area contributed by atoms with E-state index >= 15 is 0 Å². The molecule has 1 aromatic rings. The van der Waals surface area contributed by atoms with E-state index in [1.807, 2.05) is 12.1 Å². The molecule has 0 fully saturated rings. The van der Waals surface area contributed by atoms with E-state index in [1.54, 1.807) is 6.26 Å². The number of furan rings is 1. The van der Waals surface area contributed by atoms with Crippen LogP contribution in [0.4, 0.5) is 0 Å². The Hall–Kier alpha value is -0.800. The Bertz CT molecular complexity index is 280. The van der Waals surface area contributed by atoms with Gasteiger partial charge in [0.1, 0.15) is 5.76 Å². The normalized spacial score (nSPS) is 14.0. The van der Waals surface area contributed by atoms with Crippen molar-refractivity contribution >= 4 is 0 Å². The van der Waals surface area contributed by atoms with E-state index in [0.29, 0.717) is 6.04 Å². The van der Waals surface area contributed by atoms with Crippen LogP contribution in [0.3, 0.4) is 0 Å². The van der Waals surface area contributed by atoms with Crippen LogP contribution < -0.4 is 5.32 Å². The molecule has 0 saturated carbocycles. The summed E-state index contributed by atoms with van der Waals surface area (Å²) in [7, 11) is 0. The summed E-state index contributed by atoms with van der Waals surface area (Å²) in [6, 6.07) is 4.36. The number of aryl methyl sites for hydroxylation is 1. The molecule has 16 heavy (non-hydrogen) atoms. The third kappa shape index (κ3) is 4.81. The highest BCUT2D eigenvalue weighted by molar-refractivity contribution is 4.98. The Morgan fingerprint density at radius 1 is 1.50 bits per heavy atom. The van der Waals surface area contributed by atoms with Gasteiger partial charge in [0.25, 0.3) is 0 Å². The van der Waals surface area contributed by atoms with Crippen LogP contribution in [0.5, 0.6) is 0 Å². The second-order valence-electron chi connectivity index (χ2n) is 5.22. The van der Waals surface area contributed by atoms with Crippen LogP contribution in [-0.4, -0.2) is 24.3 Å². The summed E-state index contributed by atoms with van der Waals surface area (Å²) in [6.45, 7) is 7.32. The number of rotatable bonds is 7. The first kappa shape index (κ1) is 13.3. The van der Waals surface area contributed by atoms with Crippen molar-refractivity contribution in [1.29, 1.82) is 0 Å². The van der Waals surface area contributed by atoms with E-state index in [1.165, 1.54) is 0 Å². The highest BCUT2D eigenvalue weighted by atomic mass is 16.3. The van der Waals surface area contributed by atoms with Crippen LogP contribution in [-0.2, 0) is 6.42 Å². The van der Waals surface area contributed by atoms with Crippen molar-refractivity contribution in [3.63, 3.8) is 0 Å². The maximum absolute atomic E-state index is 9.13. The molecular weight excluding hydrogens is 202 g/mol. The number of hydrogen-bond acceptors (Lipinski definition) is 3. The molecule has 0 bridgehead atoms. The van der Waals surface area contributed by atoms with Crippen molar-refractivity contribution in [2.45, 2.75) is 39.7 Å². The lowest BCUT2D eigenvalue weighted by atomic mass is 9.94. The van der Waals surface area contributed by atoms with Crippen LogP contribution in [0, 0.1) is 5.41 Å². The van der Waals surface area contributed by atoms with Gasteiger partial charge in [0.15, 0.2) is 0 Å². The van der Waals surface area contributed by atoms with Gasteiger partial charge in [-0.2, -0.15) is 0 Å². The van der Waals surface area contributed by atoms with Crippen molar-refractivity contribution in [3.05, 3.63) is 24.2 Å². The lowest BCUT2D eigenvalue weighted by Gasteiger charge is -2.24. The molecule has 1 rings (SSSR count). The predicted molar refractivity (Wildman–Crippen MR) is 65.4 cm³/mol. The summed E-state index contributed by atoms with van der Waals surface area (Å²) in [4.78, 5) is 0. The lowest BCUT2D eigenvalue weighted by Crippen LogP contribution is -2.37. The first-order valence-corrected chi connectivity index (χ1v) is 5.90. The Morgan fingerprint density at radius 2 is 2.25 bits per heavy atom. The average Bonchev–Trinajstić information content (AvgIpc) is 2.76. The van der Waals surface area contributed by atoms with Gasteiger partial charge in [-0.1, -0.05) is 13.8 Å². The molecule has 92 valence electrons. The highest BCUT2D eigenvalue weighted by Gasteiger charge is 2.17. The third-order valence-corrected chi connectivity index (χ3v) is 2.76. The van der Waals surface area contributed by atoms with Crippen LogP contribution in [0.25, 0.3) is 0 Å². The molecule has 3 heteroatoms. The lowest BCUT2D eigenvalue weighted by molar-refractivity contribution is 0.153. The van der Waals surface area contributed by atoms with Gasteiger partial charge < -0.3 is 14.8 Å². The van der Waals surface area contributed by atoms with Gasteiger partial charge in [-0.15, -0.1) is 0 Å². The Labute approximate surface area is 97.9 Å². The molecule has 1 atom stereocenters. The van der Waals surface area contributed by atoms with Gasteiger partial charge in [-0.3, -0.25) is 0 Å². The molecule has 3 nitrogen and oxygen atoms in total. The molecule has 0 amide bonds. The smallest absolute Gasteiger partial charge is 0.103 e. The van der Waals surface area contributed by atoms with Gasteiger partial charge >= 0.3 is 0 Å². The summed E-state index contributed by atoms with van der Waals surface area (Å²) < 4.78 is 5.28. The Morgan fingerprint density at radius 3 is 2.81 bits per heavy atom. The van der Waals surface area contributed by atoms with Gasteiger partial charge in [-0.25, -0.2) is 0 Å². The molecule has 0 spiro atoms. The maximum Gasteiger partial charge on any atom is 0.103 e. The molecule has 0 aliphatic heterocycles. The van der Waals surface area contributed by atoms with Crippen molar-refractivity contribution in [2.75, 3.05) is 13.2 Å². The Balaban J connectivity index is 2.18. The van der Waals surface area contributed by atoms with E-state index in [9.17, 15) is 0 Å². The van der Waals surface area contributed by atoms with E-state index < -0.39 is 0 Å². The van der Waals surface area contributed by atoms with Crippen LogP contribution in [0.15, 0.2) is 22.8 Å². The number of aliphatic hydroxyl groups is 1. The fourth-order valence-electron chi connectivity index (χ4n) is 1.42. The van der Waals surface area contributed by atoms with E-state index in [-0.39, 0.29) is 12.0 Å². The Kier molecular flexibility index (Phi) is 5.03. The van der Waals surface area contributed by atoms with E-state index in [0.717, 1.165) is 25.1 Å². The maximum atomic E-state index is 9.13. The summed E-state index contributed by atoms with van der Waals surface area (Å²) >= 11 is 0. The molecule has 2 N–H and O–H groups in total. The molecule has 0 aliphatic rings. The standard InChI is InChI=1S/C13H23NO2/c1-11(14-9-13(2,3)10-15)6-7-12-5-4-8-16-12/h4-5,8,11,14-15H,6-7,9-10H2,1-3H3. The fourth-order valence-corrected chi connectivity index (χ4v) is 1.42. The minimum absolute atomic E-state index is 0.0427. The minimum atomic E-state index is -0.0427. The summed E-state index contributed by atoms with van der Waals surface area (Å²) in [5.74, 6) is 1.04. The highest BCUT2D eigenvalue weighted by Crippen LogP contribution is 2.12. The summed E-state index contributed by atoms with van der Waals surface area (Å²) in [5, 5.41) is 12.6. The van der Waals surface area contributed by atoms with Crippen molar-refractivity contribution < 1.29 is 9.52 Å². The SMILES string of the molecule is CC(CCc1ccco1)NCC(C)(C)CO. The minimum Gasteiger partial charge on any atom is -0.469 e. The quantitative estimate of drug-likeness (QED) is 0.748. The molecule has 0 radical (unpaired) electrons. The van der Waals surface area contributed by atoms with Crippen LogP contribution in [0.2, 0.25) is 0 Å². The van der Waals surface area contributed by atoms with Gasteiger partial charge in [0.2, 0.25) is 0 Å². The monoisotopic (exact) mass is 225 g/mol. The van der Waals surface area contributed by atoms with E-state index in [4.69, 9.17) is 9.52 Å². The average molecular weight is 225 g/mol. The van der Waals surface area contributed by atoms with Crippen LogP contribution >= 0.6 is 0 Å². The van der Waals surface area contributed by atoms with E-state index in [2.05, 4.69) is 26.1 Å². The summed E-state index contributed by atoms with van der Waals surface area (Å²) in [6.07, 6.45) is 3.72. The molecule has 1 heterocycles. The number of hydrogen-bond donors (Lipinski definition) is 2. The zero-order chi connectivity index (χ0) is 12.0. The number of nitrogens with one attached hydrogen (secondary N) is 1. The molecule has 0 aliphatic carbocycles. The first-order valence-electron chi connectivity index (χ1n) is 5.90. The first-order chi connectivity index (χ1) is 7.53. The van der Waals surface area contributed by atoms with Crippen molar-refractivity contribution in [3.8, 4) is 0 Å². The largest absolute Gasteiger partial charge is 0.469 e. The third-order valence-electron chi connectivity index (χ3n) is 2.76. The zero-order valence-corrected chi connectivity index (χ0v) is 10.5. The number of aliphatic hydroxyl groups excluding tert-OH is 1. The van der Waals surface area contributed by atoms with Crippen LogP contribution in [0.1, 0.15) is 33.0 Å². The predicted octanol–water partition coefficient (Wildman–Crippen LogP) is 2.21. The zero-order valence-electron chi connectivity index (χ0n) is 10.5. The summed E-state index contributed by atoms with van der Waals surface area (Å²) in [5.41, 5.74) is -0.0427. The molecule has 1 aromatic heterocycles. The van der Waals surface area contributed by atoms with Gasteiger partial charge in [0, 0.05) is 31.0 Å². The molecule has 0 aromatic carbocycles. The van der Waals surface area contributed by atoms with Gasteiger partial charge in [-0.05, 0) is 25.5 Å².